The van der Waals surface area contributed by atoms with Gasteiger partial charge in [0, 0.05) is 17.7 Å². The molecule has 2 aromatic rings. The normalized spacial score (nSPS) is 18.7. The van der Waals surface area contributed by atoms with E-state index in [-0.39, 0.29) is 12.4 Å². The van der Waals surface area contributed by atoms with Crippen LogP contribution in [0.1, 0.15) is 67.4 Å². The molecular formula is C26H27NO4. The first kappa shape index (κ1) is 21.1. The minimum atomic E-state index is -1.99. The molecule has 0 aromatic heterocycles. The molecule has 0 radical (unpaired) electrons. The second-order valence-corrected chi connectivity index (χ2v) is 9.24. The van der Waals surface area contributed by atoms with Crippen LogP contribution in [-0.4, -0.2) is 22.6 Å². The molecule has 1 spiro atoms. The maximum Gasteiger partial charge on any atom is 0.339 e. The maximum absolute atomic E-state index is 13.0. The van der Waals surface area contributed by atoms with Crippen molar-refractivity contribution in [1.29, 1.82) is 0 Å². The highest BCUT2D eigenvalue weighted by Crippen LogP contribution is 2.48. The van der Waals surface area contributed by atoms with Crippen LogP contribution in [0.25, 0.3) is 0 Å². The van der Waals surface area contributed by atoms with Gasteiger partial charge in [0.05, 0.1) is 5.56 Å². The summed E-state index contributed by atoms with van der Waals surface area (Å²) < 4.78 is 5.71. The monoisotopic (exact) mass is 417 g/mol. The molecule has 2 aromatic carbocycles. The van der Waals surface area contributed by atoms with Crippen molar-refractivity contribution in [2.45, 2.75) is 62.6 Å². The van der Waals surface area contributed by atoms with Gasteiger partial charge in [-0.2, -0.15) is 0 Å². The van der Waals surface area contributed by atoms with Gasteiger partial charge in [-0.3, -0.25) is 4.79 Å². The van der Waals surface area contributed by atoms with E-state index in [9.17, 15) is 14.7 Å². The second kappa shape index (κ2) is 7.55. The molecule has 160 valence electrons. The lowest BCUT2D eigenvalue weighted by Gasteiger charge is -2.32. The zero-order valence-corrected chi connectivity index (χ0v) is 17.9. The van der Waals surface area contributed by atoms with Crippen LogP contribution >= 0.6 is 0 Å². The number of hydrogen-bond acceptors (Lipinski definition) is 4. The number of fused-ring (bicyclic) bond motifs is 2. The van der Waals surface area contributed by atoms with Crippen molar-refractivity contribution >= 4 is 17.6 Å². The van der Waals surface area contributed by atoms with Gasteiger partial charge in [0.25, 0.3) is 5.91 Å². The van der Waals surface area contributed by atoms with Crippen molar-refractivity contribution in [3.63, 3.8) is 0 Å². The van der Waals surface area contributed by atoms with Gasteiger partial charge in [-0.15, -0.1) is 6.42 Å². The molecule has 5 heteroatoms. The molecule has 0 saturated heterocycles. The van der Waals surface area contributed by atoms with Crippen molar-refractivity contribution in [3.05, 3.63) is 65.2 Å². The van der Waals surface area contributed by atoms with Crippen LogP contribution in [0.15, 0.2) is 48.5 Å². The summed E-state index contributed by atoms with van der Waals surface area (Å²) in [4.78, 5) is 25.3. The molecule has 2 N–H and O–H groups in total. The first-order valence-corrected chi connectivity index (χ1v) is 10.6. The van der Waals surface area contributed by atoms with Gasteiger partial charge in [-0.1, -0.05) is 50.1 Å². The average Bonchev–Trinajstić information content (AvgIpc) is 3.33. The number of amides is 1. The Labute approximate surface area is 182 Å². The number of nitrogens with one attached hydrogen (secondary N) is 1. The third-order valence-electron chi connectivity index (χ3n) is 6.55. The van der Waals surface area contributed by atoms with Gasteiger partial charge in [0.15, 0.2) is 0 Å². The fourth-order valence-electron chi connectivity index (χ4n) is 4.84. The topological polar surface area (TPSA) is 75.6 Å². The number of esters is 1. The lowest BCUT2D eigenvalue weighted by molar-refractivity contribution is -0.130. The van der Waals surface area contributed by atoms with Crippen LogP contribution in [0.2, 0.25) is 0 Å². The van der Waals surface area contributed by atoms with E-state index in [0.29, 0.717) is 11.3 Å². The Kier molecular flexibility index (Phi) is 5.15. The zero-order valence-electron chi connectivity index (χ0n) is 17.9. The molecule has 1 saturated carbocycles. The molecule has 2 aliphatic rings. The smallest absolute Gasteiger partial charge is 0.339 e. The largest absolute Gasteiger partial charge is 0.451 e. The second-order valence-electron chi connectivity index (χ2n) is 9.24. The predicted molar refractivity (Wildman–Crippen MR) is 119 cm³/mol. The van der Waals surface area contributed by atoms with Crippen LogP contribution in [0.5, 0.6) is 0 Å². The van der Waals surface area contributed by atoms with E-state index in [0.717, 1.165) is 36.8 Å². The number of benzene rings is 2. The molecule has 4 rings (SSSR count). The summed E-state index contributed by atoms with van der Waals surface area (Å²) in [5, 5.41) is 13.8. The van der Waals surface area contributed by atoms with Crippen LogP contribution in [0.3, 0.4) is 0 Å². The lowest BCUT2D eigenvalue weighted by atomic mass is 9.75. The first-order chi connectivity index (χ1) is 14.7. The Balaban J connectivity index is 1.57. The fraction of sp³-hybridized carbons (Fsp3) is 0.385. The number of ether oxygens (including phenoxy) is 1. The van der Waals surface area contributed by atoms with E-state index in [1.165, 1.54) is 0 Å². The molecule has 1 aliphatic carbocycles. The minimum Gasteiger partial charge on any atom is -0.451 e. The molecule has 5 nitrogen and oxygen atoms in total. The standard InChI is InChI=1S/C26H27NO4/c1-4-25(30,17-24(2,3)18-10-6-5-7-11-18)23(29)27-19-12-13-20-21(16-19)26(31-22(20)28)14-8-9-15-26/h1,5-7,10-13,16,30H,8-9,14-15,17H2,2-3H3,(H,27,29). The average molecular weight is 418 g/mol. The van der Waals surface area contributed by atoms with Crippen LogP contribution in [0.4, 0.5) is 5.69 Å². The van der Waals surface area contributed by atoms with Crippen molar-refractivity contribution < 1.29 is 19.4 Å². The van der Waals surface area contributed by atoms with Gasteiger partial charge < -0.3 is 15.2 Å². The highest BCUT2D eigenvalue weighted by atomic mass is 16.6. The Morgan fingerprint density at radius 1 is 1.19 bits per heavy atom. The van der Waals surface area contributed by atoms with Gasteiger partial charge in [-0.25, -0.2) is 4.79 Å². The fourth-order valence-corrected chi connectivity index (χ4v) is 4.84. The van der Waals surface area contributed by atoms with Gasteiger partial charge >= 0.3 is 5.97 Å². The lowest BCUT2D eigenvalue weighted by Crippen LogP contribution is -2.46. The summed E-state index contributed by atoms with van der Waals surface area (Å²) in [6.07, 6.45) is 9.23. The van der Waals surface area contributed by atoms with Crippen LogP contribution in [-0.2, 0) is 20.5 Å². The minimum absolute atomic E-state index is 0.0584. The Morgan fingerprint density at radius 2 is 1.87 bits per heavy atom. The van der Waals surface area contributed by atoms with Gasteiger partial charge in [-0.05, 0) is 54.9 Å². The quantitative estimate of drug-likeness (QED) is 0.562. The summed E-state index contributed by atoms with van der Waals surface area (Å²) in [7, 11) is 0. The molecule has 0 bridgehead atoms. The summed E-state index contributed by atoms with van der Waals surface area (Å²) in [5.74, 6) is 1.31. The van der Waals surface area contributed by atoms with Gasteiger partial charge in [0.1, 0.15) is 5.60 Å². The molecule has 1 fully saturated rings. The zero-order chi connectivity index (χ0) is 22.3. The van der Waals surface area contributed by atoms with E-state index >= 15 is 0 Å². The summed E-state index contributed by atoms with van der Waals surface area (Å²) in [6, 6.07) is 14.7. The molecule has 1 unspecified atom stereocenters. The van der Waals surface area contributed by atoms with Crippen molar-refractivity contribution in [2.75, 3.05) is 5.32 Å². The number of carbonyl (C=O) groups excluding carboxylic acids is 2. The van der Waals surface area contributed by atoms with Crippen molar-refractivity contribution in [2.24, 2.45) is 0 Å². The summed E-state index contributed by atoms with van der Waals surface area (Å²) >= 11 is 0. The van der Waals surface area contributed by atoms with Crippen LogP contribution in [0, 0.1) is 12.3 Å². The van der Waals surface area contributed by atoms with Crippen molar-refractivity contribution in [3.8, 4) is 12.3 Å². The predicted octanol–water partition coefficient (Wildman–Crippen LogP) is 4.30. The molecule has 1 heterocycles. The maximum atomic E-state index is 13.0. The van der Waals surface area contributed by atoms with Crippen LogP contribution < -0.4 is 5.32 Å². The third kappa shape index (κ3) is 3.73. The number of hydrogen-bond donors (Lipinski definition) is 2. The molecule has 31 heavy (non-hydrogen) atoms. The van der Waals surface area contributed by atoms with E-state index in [4.69, 9.17) is 11.2 Å². The van der Waals surface area contributed by atoms with Crippen molar-refractivity contribution in [1.82, 2.24) is 0 Å². The van der Waals surface area contributed by atoms with Gasteiger partial charge in [0.2, 0.25) is 5.60 Å². The number of anilines is 1. The molecule has 1 atom stereocenters. The Hall–Kier alpha value is -3.10. The molecule has 1 aliphatic heterocycles. The highest BCUT2D eigenvalue weighted by molar-refractivity contribution is 6.01. The molecule has 1 amide bonds. The Morgan fingerprint density at radius 3 is 2.52 bits per heavy atom. The number of carbonyl (C=O) groups is 2. The highest BCUT2D eigenvalue weighted by Gasteiger charge is 2.47. The third-order valence-corrected chi connectivity index (χ3v) is 6.55. The SMILES string of the molecule is C#CC(O)(CC(C)(C)c1ccccc1)C(=O)Nc1ccc2c(c1)C1(CCCC1)OC2=O. The number of rotatable bonds is 5. The van der Waals surface area contributed by atoms with E-state index in [1.54, 1.807) is 18.2 Å². The van der Waals surface area contributed by atoms with E-state index in [2.05, 4.69) is 11.2 Å². The number of aliphatic hydroxyl groups is 1. The molecular weight excluding hydrogens is 390 g/mol. The summed E-state index contributed by atoms with van der Waals surface area (Å²) in [5.41, 5.74) is -0.293. The first-order valence-electron chi connectivity index (χ1n) is 10.6. The summed E-state index contributed by atoms with van der Waals surface area (Å²) in [6.45, 7) is 3.89. The Bertz CT molecular complexity index is 1060. The van der Waals surface area contributed by atoms with E-state index < -0.39 is 22.5 Å². The number of terminal acetylenes is 1. The van der Waals surface area contributed by atoms with E-state index in [1.807, 2.05) is 44.2 Å².